The van der Waals surface area contributed by atoms with Crippen molar-refractivity contribution in [3.8, 4) is 11.5 Å². The van der Waals surface area contributed by atoms with Crippen LogP contribution in [0.1, 0.15) is 17.3 Å². The van der Waals surface area contributed by atoms with E-state index in [2.05, 4.69) is 36.9 Å². The lowest BCUT2D eigenvalue weighted by Crippen LogP contribution is -2.49. The molecular weight excluding hydrogens is 456 g/mol. The monoisotopic (exact) mass is 476 g/mol. The maximum Gasteiger partial charge on any atom is 0.254 e. The minimum absolute atomic E-state index is 0.0185. The molecule has 0 unspecified atom stereocenters. The Kier molecular flexibility index (Phi) is 5.86. The molecule has 0 bridgehead atoms. The van der Waals surface area contributed by atoms with E-state index in [1.54, 1.807) is 36.9 Å². The summed E-state index contributed by atoms with van der Waals surface area (Å²) in [6.07, 6.45) is 1.61. The molecule has 1 fully saturated rings. The van der Waals surface area contributed by atoms with E-state index in [0.717, 1.165) is 29.1 Å². The summed E-state index contributed by atoms with van der Waals surface area (Å²) in [4.78, 5) is 26.9. The van der Waals surface area contributed by atoms with Crippen LogP contribution in [0.15, 0.2) is 34.4 Å². The molecule has 3 heterocycles. The fourth-order valence-electron chi connectivity index (χ4n) is 3.46. The molecule has 1 aliphatic heterocycles. The van der Waals surface area contributed by atoms with Gasteiger partial charge in [-0.2, -0.15) is 0 Å². The number of benzene rings is 1. The fourth-order valence-corrected chi connectivity index (χ4v) is 4.74. The topological polar surface area (TPSA) is 67.8 Å². The molecule has 3 aromatic rings. The predicted octanol–water partition coefficient (Wildman–Crippen LogP) is 3.82. The molecule has 1 aromatic carbocycles. The summed E-state index contributed by atoms with van der Waals surface area (Å²) < 4.78 is 11.7. The van der Waals surface area contributed by atoms with Crippen LogP contribution < -0.4 is 14.4 Å². The number of hydrogen-bond donors (Lipinski definition) is 0. The number of methoxy groups -OCH3 is 1. The lowest BCUT2D eigenvalue weighted by molar-refractivity contribution is 0.0746. The van der Waals surface area contributed by atoms with Crippen LogP contribution in [0.3, 0.4) is 0 Å². The fraction of sp³-hybridized carbons (Fsp3) is 0.350. The van der Waals surface area contributed by atoms with Crippen LogP contribution >= 0.6 is 27.3 Å². The molecule has 0 saturated carbocycles. The minimum atomic E-state index is -0.0185. The Bertz CT molecular complexity index is 1030. The zero-order valence-electron chi connectivity index (χ0n) is 16.2. The number of ether oxygens (including phenoxy) is 2. The molecule has 4 rings (SSSR count). The highest BCUT2D eigenvalue weighted by molar-refractivity contribution is 9.10. The second-order valence-electron chi connectivity index (χ2n) is 6.54. The van der Waals surface area contributed by atoms with Crippen molar-refractivity contribution in [2.24, 2.45) is 0 Å². The highest BCUT2D eigenvalue weighted by atomic mass is 79.9. The van der Waals surface area contributed by atoms with Gasteiger partial charge >= 0.3 is 0 Å². The van der Waals surface area contributed by atoms with Gasteiger partial charge in [0.05, 0.1) is 23.6 Å². The predicted molar refractivity (Wildman–Crippen MR) is 117 cm³/mol. The summed E-state index contributed by atoms with van der Waals surface area (Å²) in [5.74, 6) is 2.08. The Morgan fingerprint density at radius 1 is 1.24 bits per heavy atom. The Morgan fingerprint density at radius 2 is 2.03 bits per heavy atom. The standard InChI is InChI=1S/C20H21BrN4O3S/c1-3-28-17-15(21)10-13(11-16(17)27-2)20(26)25-7-5-24(6-8-25)18-14-4-9-29-19(14)23-12-22-18/h4,9-12H,3,5-8H2,1-2H3. The van der Waals surface area contributed by atoms with Gasteiger partial charge in [0.25, 0.3) is 5.91 Å². The van der Waals surface area contributed by atoms with E-state index in [9.17, 15) is 4.79 Å². The minimum Gasteiger partial charge on any atom is -0.493 e. The quantitative estimate of drug-likeness (QED) is 0.557. The van der Waals surface area contributed by atoms with Crippen LogP contribution in [0, 0.1) is 0 Å². The van der Waals surface area contributed by atoms with Crippen LogP contribution in [0.2, 0.25) is 0 Å². The van der Waals surface area contributed by atoms with E-state index in [-0.39, 0.29) is 5.91 Å². The number of carbonyl (C=O) groups excluding carboxylic acids is 1. The number of piperazine rings is 1. The van der Waals surface area contributed by atoms with Crippen molar-refractivity contribution in [1.29, 1.82) is 0 Å². The molecule has 0 atom stereocenters. The molecule has 9 heteroatoms. The summed E-state index contributed by atoms with van der Waals surface area (Å²) in [7, 11) is 1.57. The molecule has 1 aliphatic rings. The summed E-state index contributed by atoms with van der Waals surface area (Å²) in [5.41, 5.74) is 0.577. The van der Waals surface area contributed by atoms with Gasteiger partial charge < -0.3 is 19.3 Å². The zero-order valence-corrected chi connectivity index (χ0v) is 18.6. The van der Waals surface area contributed by atoms with Crippen LogP contribution in [0.4, 0.5) is 5.82 Å². The van der Waals surface area contributed by atoms with E-state index < -0.39 is 0 Å². The third-order valence-corrected chi connectivity index (χ3v) is 6.28. The number of amides is 1. The summed E-state index contributed by atoms with van der Waals surface area (Å²) >= 11 is 5.10. The van der Waals surface area contributed by atoms with Crippen LogP contribution in [-0.2, 0) is 0 Å². The van der Waals surface area contributed by atoms with Gasteiger partial charge in [0, 0.05) is 31.7 Å². The Balaban J connectivity index is 1.49. The van der Waals surface area contributed by atoms with Gasteiger partial charge in [-0.25, -0.2) is 9.97 Å². The zero-order chi connectivity index (χ0) is 20.4. The van der Waals surface area contributed by atoms with E-state index in [4.69, 9.17) is 9.47 Å². The number of hydrogen-bond acceptors (Lipinski definition) is 7. The lowest BCUT2D eigenvalue weighted by Gasteiger charge is -2.35. The van der Waals surface area contributed by atoms with Gasteiger partial charge in [-0.05, 0) is 46.4 Å². The third-order valence-electron chi connectivity index (χ3n) is 4.87. The second kappa shape index (κ2) is 8.54. The summed E-state index contributed by atoms with van der Waals surface area (Å²) in [5, 5.41) is 3.09. The van der Waals surface area contributed by atoms with E-state index >= 15 is 0 Å². The van der Waals surface area contributed by atoms with E-state index in [0.29, 0.717) is 41.2 Å². The molecule has 0 aliphatic carbocycles. The van der Waals surface area contributed by atoms with Crippen LogP contribution in [-0.4, -0.2) is 60.7 Å². The van der Waals surface area contributed by atoms with Crippen molar-refractivity contribution in [1.82, 2.24) is 14.9 Å². The first-order chi connectivity index (χ1) is 14.1. The largest absolute Gasteiger partial charge is 0.493 e. The average molecular weight is 477 g/mol. The van der Waals surface area contributed by atoms with Gasteiger partial charge in [0.2, 0.25) is 0 Å². The van der Waals surface area contributed by atoms with Gasteiger partial charge in [-0.1, -0.05) is 0 Å². The van der Waals surface area contributed by atoms with Crippen LogP contribution in [0.5, 0.6) is 11.5 Å². The molecule has 7 nitrogen and oxygen atoms in total. The van der Waals surface area contributed by atoms with Gasteiger partial charge in [-0.3, -0.25) is 4.79 Å². The number of halogens is 1. The van der Waals surface area contributed by atoms with Crippen molar-refractivity contribution < 1.29 is 14.3 Å². The lowest BCUT2D eigenvalue weighted by atomic mass is 10.1. The Morgan fingerprint density at radius 3 is 2.76 bits per heavy atom. The summed E-state index contributed by atoms with van der Waals surface area (Å²) in [6.45, 7) is 5.13. The number of rotatable bonds is 5. The Hall–Kier alpha value is -2.39. The van der Waals surface area contributed by atoms with Gasteiger partial charge in [0.15, 0.2) is 11.5 Å². The number of carbonyl (C=O) groups is 1. The van der Waals surface area contributed by atoms with Crippen LogP contribution in [0.25, 0.3) is 10.2 Å². The number of nitrogens with zero attached hydrogens (tertiary/aromatic N) is 4. The van der Waals surface area contributed by atoms with E-state index in [1.807, 2.05) is 17.2 Å². The van der Waals surface area contributed by atoms with Crippen molar-refractivity contribution in [2.45, 2.75) is 6.92 Å². The number of thiophene rings is 1. The maximum atomic E-state index is 13.1. The second-order valence-corrected chi connectivity index (χ2v) is 8.29. The molecule has 1 amide bonds. The van der Waals surface area contributed by atoms with Crippen molar-refractivity contribution >= 4 is 49.2 Å². The highest BCUT2D eigenvalue weighted by Gasteiger charge is 2.25. The average Bonchev–Trinajstić information content (AvgIpc) is 3.23. The Labute approximate surface area is 181 Å². The van der Waals surface area contributed by atoms with Crippen molar-refractivity contribution in [3.05, 3.63) is 39.9 Å². The van der Waals surface area contributed by atoms with Crippen molar-refractivity contribution in [3.63, 3.8) is 0 Å². The van der Waals surface area contributed by atoms with Gasteiger partial charge in [-0.15, -0.1) is 11.3 Å². The molecule has 29 heavy (non-hydrogen) atoms. The molecule has 0 N–H and O–H groups in total. The SMILES string of the molecule is CCOc1c(Br)cc(C(=O)N2CCN(c3ncnc4sccc34)CC2)cc1OC. The highest BCUT2D eigenvalue weighted by Crippen LogP contribution is 2.37. The molecule has 0 spiro atoms. The number of anilines is 1. The van der Waals surface area contributed by atoms with Crippen molar-refractivity contribution in [2.75, 3.05) is 44.8 Å². The van der Waals surface area contributed by atoms with Gasteiger partial charge in [0.1, 0.15) is 17.0 Å². The molecule has 152 valence electrons. The molecule has 2 aromatic heterocycles. The van der Waals surface area contributed by atoms with E-state index in [1.165, 1.54) is 0 Å². The summed E-state index contributed by atoms with van der Waals surface area (Å²) in [6, 6.07) is 5.59. The maximum absolute atomic E-state index is 13.1. The molecular formula is C20H21BrN4O3S. The first-order valence-corrected chi connectivity index (χ1v) is 11.0. The third kappa shape index (κ3) is 3.89. The first-order valence-electron chi connectivity index (χ1n) is 9.35. The molecule has 0 radical (unpaired) electrons. The number of fused-ring (bicyclic) bond motifs is 1. The molecule has 1 saturated heterocycles. The smallest absolute Gasteiger partial charge is 0.254 e. The normalized spacial score (nSPS) is 14.3. The number of aromatic nitrogens is 2. The first kappa shape index (κ1) is 19.9.